The molecule has 1 saturated heterocycles. The predicted molar refractivity (Wildman–Crippen MR) is 133 cm³/mol. The maximum Gasteiger partial charge on any atom is 0.282 e. The molecule has 2 aliphatic rings. The van der Waals surface area contributed by atoms with Crippen molar-refractivity contribution in [2.75, 3.05) is 45.1 Å². The third-order valence-corrected chi connectivity index (χ3v) is 8.90. The normalized spacial score (nSPS) is 18.9. The Balaban J connectivity index is 1.32. The molecule has 9 nitrogen and oxygen atoms in total. The molecule has 2 heterocycles. The molecule has 0 atom stereocenters. The van der Waals surface area contributed by atoms with Crippen molar-refractivity contribution in [3.05, 3.63) is 41.6 Å². The van der Waals surface area contributed by atoms with Gasteiger partial charge < -0.3 is 5.32 Å². The second-order valence-electron chi connectivity index (χ2n) is 9.46. The van der Waals surface area contributed by atoms with E-state index in [1.165, 1.54) is 6.42 Å². The third kappa shape index (κ3) is 5.68. The SMILES string of the molecule is Cc1ccc(-n2nc(C)cc2NC(=O)CN2CCN(S(=O)(=O)N(C)C3CCCCC3)CC2)cc1. The van der Waals surface area contributed by atoms with Crippen molar-refractivity contribution in [1.82, 2.24) is 23.3 Å². The van der Waals surface area contributed by atoms with Crippen molar-refractivity contribution in [1.29, 1.82) is 0 Å². The minimum atomic E-state index is -3.47. The van der Waals surface area contributed by atoms with Crippen LogP contribution < -0.4 is 5.32 Å². The summed E-state index contributed by atoms with van der Waals surface area (Å²) >= 11 is 0. The summed E-state index contributed by atoms with van der Waals surface area (Å²) in [5.74, 6) is 0.491. The third-order valence-electron chi connectivity index (χ3n) is 6.86. The summed E-state index contributed by atoms with van der Waals surface area (Å²) in [5.41, 5.74) is 2.86. The second-order valence-corrected chi connectivity index (χ2v) is 11.4. The van der Waals surface area contributed by atoms with E-state index in [1.807, 2.05) is 49.1 Å². The fraction of sp³-hybridized carbons (Fsp3) is 0.583. The summed E-state index contributed by atoms with van der Waals surface area (Å²) < 4.78 is 31.1. The molecule has 1 amide bonds. The van der Waals surface area contributed by atoms with Gasteiger partial charge in [-0.3, -0.25) is 9.69 Å². The summed E-state index contributed by atoms with van der Waals surface area (Å²) in [6, 6.07) is 9.92. The number of carbonyl (C=O) groups excluding carboxylic acids is 1. The van der Waals surface area contributed by atoms with E-state index in [0.717, 1.165) is 42.6 Å². The highest BCUT2D eigenvalue weighted by Gasteiger charge is 2.34. The van der Waals surface area contributed by atoms with Crippen molar-refractivity contribution in [2.24, 2.45) is 0 Å². The number of benzene rings is 1. The predicted octanol–water partition coefficient (Wildman–Crippen LogP) is 2.55. The fourth-order valence-corrected chi connectivity index (χ4v) is 6.37. The van der Waals surface area contributed by atoms with Gasteiger partial charge in [0.05, 0.1) is 17.9 Å². The van der Waals surface area contributed by atoms with Gasteiger partial charge >= 0.3 is 0 Å². The number of rotatable bonds is 7. The van der Waals surface area contributed by atoms with Crippen LogP contribution in [0.25, 0.3) is 5.69 Å². The fourth-order valence-electron chi connectivity index (χ4n) is 4.79. The first-order valence-electron chi connectivity index (χ1n) is 12.1. The van der Waals surface area contributed by atoms with Crippen LogP contribution >= 0.6 is 0 Å². The number of piperazine rings is 1. The maximum atomic E-state index is 13.1. The van der Waals surface area contributed by atoms with Crippen LogP contribution in [0.5, 0.6) is 0 Å². The maximum absolute atomic E-state index is 13.1. The summed E-state index contributed by atoms with van der Waals surface area (Å²) in [5, 5.41) is 7.49. The van der Waals surface area contributed by atoms with E-state index in [0.29, 0.717) is 32.0 Å². The number of aryl methyl sites for hydroxylation is 2. The minimum Gasteiger partial charge on any atom is -0.309 e. The number of carbonyl (C=O) groups is 1. The molecule has 1 aliphatic heterocycles. The van der Waals surface area contributed by atoms with Crippen molar-refractivity contribution >= 4 is 21.9 Å². The molecule has 186 valence electrons. The summed E-state index contributed by atoms with van der Waals surface area (Å²) in [6.07, 6.45) is 5.25. The smallest absolute Gasteiger partial charge is 0.282 e. The van der Waals surface area contributed by atoms with Crippen LogP contribution in [-0.4, -0.2) is 83.4 Å². The Labute approximate surface area is 202 Å². The first-order valence-corrected chi connectivity index (χ1v) is 13.5. The number of hydrogen-bond donors (Lipinski definition) is 1. The Kier molecular flexibility index (Phi) is 7.71. The van der Waals surface area contributed by atoms with E-state index in [9.17, 15) is 13.2 Å². The van der Waals surface area contributed by atoms with Crippen LogP contribution in [0.2, 0.25) is 0 Å². The van der Waals surface area contributed by atoms with Crippen LogP contribution in [0.15, 0.2) is 30.3 Å². The molecule has 1 aliphatic carbocycles. The standard InChI is InChI=1S/C24H36N6O3S/c1-19-9-11-22(12-10-19)30-23(17-20(2)26-30)25-24(31)18-28-13-15-29(16-14-28)34(32,33)27(3)21-7-5-4-6-8-21/h9-12,17,21H,4-8,13-16,18H2,1-3H3,(H,25,31). The largest absolute Gasteiger partial charge is 0.309 e. The Morgan fingerprint density at radius 3 is 2.35 bits per heavy atom. The Bertz CT molecular complexity index is 1080. The van der Waals surface area contributed by atoms with Gasteiger partial charge in [0.25, 0.3) is 10.2 Å². The molecule has 1 aromatic heterocycles. The Morgan fingerprint density at radius 2 is 1.71 bits per heavy atom. The van der Waals surface area contributed by atoms with E-state index in [4.69, 9.17) is 0 Å². The number of aromatic nitrogens is 2. The topological polar surface area (TPSA) is 90.8 Å². The molecular formula is C24H36N6O3S. The lowest BCUT2D eigenvalue weighted by Gasteiger charge is -2.38. The molecular weight excluding hydrogens is 452 g/mol. The van der Waals surface area contributed by atoms with Crippen LogP contribution in [-0.2, 0) is 15.0 Å². The van der Waals surface area contributed by atoms with Crippen molar-refractivity contribution < 1.29 is 13.2 Å². The molecule has 1 aromatic carbocycles. The van der Waals surface area contributed by atoms with E-state index >= 15 is 0 Å². The van der Waals surface area contributed by atoms with Crippen LogP contribution in [0.1, 0.15) is 43.4 Å². The lowest BCUT2D eigenvalue weighted by atomic mass is 9.96. The van der Waals surface area contributed by atoms with Crippen molar-refractivity contribution in [3.8, 4) is 5.69 Å². The van der Waals surface area contributed by atoms with Crippen LogP contribution in [0.4, 0.5) is 5.82 Å². The highest BCUT2D eigenvalue weighted by atomic mass is 32.2. The molecule has 0 unspecified atom stereocenters. The zero-order valence-corrected chi connectivity index (χ0v) is 21.2. The highest BCUT2D eigenvalue weighted by Crippen LogP contribution is 2.25. The average molecular weight is 489 g/mol. The van der Waals surface area contributed by atoms with Gasteiger partial charge in [0.15, 0.2) is 0 Å². The molecule has 0 bridgehead atoms. The highest BCUT2D eigenvalue weighted by molar-refractivity contribution is 7.86. The molecule has 1 saturated carbocycles. The van der Waals surface area contributed by atoms with Gasteiger partial charge in [-0.2, -0.15) is 22.1 Å². The molecule has 1 N–H and O–H groups in total. The van der Waals surface area contributed by atoms with Gasteiger partial charge in [-0.05, 0) is 38.8 Å². The Hall–Kier alpha value is -2.27. The van der Waals surface area contributed by atoms with E-state index in [1.54, 1.807) is 20.3 Å². The van der Waals surface area contributed by atoms with Gasteiger partial charge in [0, 0.05) is 45.3 Å². The minimum absolute atomic E-state index is 0.101. The number of nitrogens with zero attached hydrogens (tertiary/aromatic N) is 5. The van der Waals surface area contributed by atoms with Gasteiger partial charge in [0.2, 0.25) is 5.91 Å². The van der Waals surface area contributed by atoms with Crippen LogP contribution in [0.3, 0.4) is 0 Å². The number of nitrogens with one attached hydrogen (secondary N) is 1. The second kappa shape index (κ2) is 10.6. The van der Waals surface area contributed by atoms with Crippen molar-refractivity contribution in [3.63, 3.8) is 0 Å². The number of hydrogen-bond acceptors (Lipinski definition) is 5. The molecule has 2 fully saturated rings. The van der Waals surface area contributed by atoms with Crippen molar-refractivity contribution in [2.45, 2.75) is 52.0 Å². The molecule has 34 heavy (non-hydrogen) atoms. The molecule has 0 spiro atoms. The number of amides is 1. The number of anilines is 1. The zero-order chi connectivity index (χ0) is 24.3. The lowest BCUT2D eigenvalue weighted by molar-refractivity contribution is -0.117. The van der Waals surface area contributed by atoms with Gasteiger partial charge in [-0.25, -0.2) is 4.68 Å². The molecule has 4 rings (SSSR count). The van der Waals surface area contributed by atoms with E-state index < -0.39 is 10.2 Å². The monoisotopic (exact) mass is 488 g/mol. The van der Waals surface area contributed by atoms with Gasteiger partial charge in [-0.15, -0.1) is 0 Å². The summed E-state index contributed by atoms with van der Waals surface area (Å²) in [6.45, 7) is 5.98. The first-order chi connectivity index (χ1) is 16.2. The molecule has 0 radical (unpaired) electrons. The van der Waals surface area contributed by atoms with Gasteiger partial charge in [-0.1, -0.05) is 37.0 Å². The average Bonchev–Trinajstić information content (AvgIpc) is 3.19. The molecule has 10 heteroatoms. The summed E-state index contributed by atoms with van der Waals surface area (Å²) in [4.78, 5) is 14.8. The Morgan fingerprint density at radius 1 is 1.06 bits per heavy atom. The first kappa shape index (κ1) is 24.8. The van der Waals surface area contributed by atoms with E-state index in [-0.39, 0.29) is 18.5 Å². The summed E-state index contributed by atoms with van der Waals surface area (Å²) in [7, 11) is -1.76. The van der Waals surface area contributed by atoms with Crippen LogP contribution in [0, 0.1) is 13.8 Å². The molecule has 2 aromatic rings. The van der Waals surface area contributed by atoms with Gasteiger partial charge in [0.1, 0.15) is 5.82 Å². The quantitative estimate of drug-likeness (QED) is 0.647. The lowest BCUT2D eigenvalue weighted by Crippen LogP contribution is -2.55. The zero-order valence-electron chi connectivity index (χ0n) is 20.4. The van der Waals surface area contributed by atoms with E-state index in [2.05, 4.69) is 10.4 Å².